The van der Waals surface area contributed by atoms with Crippen LogP contribution in [0.3, 0.4) is 0 Å². The molecule has 0 spiro atoms. The molecule has 2 aromatic heterocycles. The molecule has 0 radical (unpaired) electrons. The molecule has 2 aliphatic heterocycles. The van der Waals surface area contributed by atoms with Crippen LogP contribution in [0, 0.1) is 13.8 Å². The Morgan fingerprint density at radius 2 is 1.70 bits per heavy atom. The van der Waals surface area contributed by atoms with Gasteiger partial charge in [0.2, 0.25) is 0 Å². The number of pyridine rings is 1. The number of likely N-dealkylation sites (tertiary alicyclic amines) is 2. The van der Waals surface area contributed by atoms with Crippen LogP contribution in [-0.4, -0.2) is 73.6 Å². The van der Waals surface area contributed by atoms with Gasteiger partial charge in [0.1, 0.15) is 16.8 Å². The summed E-state index contributed by atoms with van der Waals surface area (Å²) >= 11 is 12.6. The first kappa shape index (κ1) is 31.0. The van der Waals surface area contributed by atoms with E-state index in [0.29, 0.717) is 54.8 Å². The van der Waals surface area contributed by atoms with Crippen molar-refractivity contribution in [3.05, 3.63) is 69.0 Å². The fourth-order valence-electron chi connectivity index (χ4n) is 5.77. The maximum absolute atomic E-state index is 14.4. The third-order valence-electron chi connectivity index (χ3n) is 8.04. The monoisotopic (exact) mass is 624 g/mol. The molecule has 2 saturated heterocycles. The zero-order valence-electron chi connectivity index (χ0n) is 25.4. The van der Waals surface area contributed by atoms with Crippen molar-refractivity contribution in [3.8, 4) is 11.4 Å². The molecule has 0 unspecified atom stereocenters. The first-order valence-electron chi connectivity index (χ1n) is 14.6. The number of benzene rings is 1. The molecule has 0 aliphatic carbocycles. The summed E-state index contributed by atoms with van der Waals surface area (Å²) in [6, 6.07) is 7.47. The molecule has 43 heavy (non-hydrogen) atoms. The lowest BCUT2D eigenvalue weighted by atomic mass is 9.85. The van der Waals surface area contributed by atoms with Crippen molar-refractivity contribution >= 4 is 41.3 Å². The van der Waals surface area contributed by atoms with Gasteiger partial charge >= 0.3 is 6.09 Å². The van der Waals surface area contributed by atoms with Crippen molar-refractivity contribution in [2.75, 3.05) is 26.2 Å². The average Bonchev–Trinajstić information content (AvgIpc) is 3.45. The zero-order chi connectivity index (χ0) is 30.9. The highest BCUT2D eigenvalue weighted by Crippen LogP contribution is 2.36. The van der Waals surface area contributed by atoms with Gasteiger partial charge < -0.3 is 14.5 Å². The van der Waals surface area contributed by atoms with Gasteiger partial charge in [-0.1, -0.05) is 46.1 Å². The van der Waals surface area contributed by atoms with Crippen molar-refractivity contribution < 1.29 is 14.3 Å². The van der Waals surface area contributed by atoms with Crippen molar-refractivity contribution in [2.24, 2.45) is 0 Å². The lowest BCUT2D eigenvalue weighted by molar-refractivity contribution is -0.145. The van der Waals surface area contributed by atoms with Crippen LogP contribution in [-0.2, 0) is 15.1 Å². The van der Waals surface area contributed by atoms with Crippen molar-refractivity contribution in [3.63, 3.8) is 0 Å². The zero-order valence-corrected chi connectivity index (χ0v) is 26.9. The van der Waals surface area contributed by atoms with Gasteiger partial charge in [-0.15, -0.1) is 5.10 Å². The minimum absolute atomic E-state index is 0.0128. The van der Waals surface area contributed by atoms with E-state index in [2.05, 4.69) is 27.4 Å². The SMILES string of the molecule is Cc1cnc(-c2cn(C3(C(=O)N4CCC(=Cc5cc(Cl)ccc5Cl)CC4)CCN(C(=O)OC(C)(C)C)CC3)nn2)c(C)c1. The van der Waals surface area contributed by atoms with E-state index >= 15 is 0 Å². The quantitative estimate of drug-likeness (QED) is 0.321. The Morgan fingerprint density at radius 3 is 2.35 bits per heavy atom. The predicted octanol–water partition coefficient (Wildman–Crippen LogP) is 6.70. The van der Waals surface area contributed by atoms with E-state index in [0.717, 1.165) is 35.2 Å². The normalized spacial score (nSPS) is 17.1. The van der Waals surface area contributed by atoms with E-state index in [4.69, 9.17) is 27.9 Å². The number of carbonyl (C=O) groups excluding carboxylic acids is 2. The highest BCUT2D eigenvalue weighted by atomic mass is 35.5. The number of carbonyl (C=O) groups is 2. The predicted molar refractivity (Wildman–Crippen MR) is 168 cm³/mol. The largest absolute Gasteiger partial charge is 0.444 e. The topological polar surface area (TPSA) is 93.5 Å². The number of amides is 2. The third kappa shape index (κ3) is 6.88. The van der Waals surface area contributed by atoms with Crippen LogP contribution in [0.2, 0.25) is 10.0 Å². The van der Waals surface area contributed by atoms with E-state index in [1.54, 1.807) is 27.9 Å². The molecule has 1 aromatic carbocycles. The second-order valence-electron chi connectivity index (χ2n) is 12.5. The van der Waals surface area contributed by atoms with Crippen molar-refractivity contribution in [2.45, 2.75) is 71.4 Å². The molecule has 0 atom stereocenters. The molecular formula is C32H38Cl2N6O3. The Bertz CT molecular complexity index is 1540. The molecule has 228 valence electrons. The van der Waals surface area contributed by atoms with Crippen LogP contribution < -0.4 is 0 Å². The molecule has 2 fully saturated rings. The summed E-state index contributed by atoms with van der Waals surface area (Å²) in [5.74, 6) is -0.0128. The molecule has 0 bridgehead atoms. The molecule has 2 amide bonds. The second kappa shape index (κ2) is 12.3. The van der Waals surface area contributed by atoms with E-state index in [-0.39, 0.29) is 12.0 Å². The number of piperidine rings is 2. The molecular weight excluding hydrogens is 587 g/mol. The summed E-state index contributed by atoms with van der Waals surface area (Å²) in [7, 11) is 0. The number of nitrogens with zero attached hydrogens (tertiary/aromatic N) is 6. The second-order valence-corrected chi connectivity index (χ2v) is 13.3. The number of hydrogen-bond acceptors (Lipinski definition) is 6. The molecule has 0 saturated carbocycles. The average molecular weight is 626 g/mol. The van der Waals surface area contributed by atoms with Gasteiger partial charge in [-0.25, -0.2) is 9.48 Å². The minimum Gasteiger partial charge on any atom is -0.444 e. The van der Waals surface area contributed by atoms with E-state index in [1.165, 1.54) is 5.57 Å². The molecule has 5 rings (SSSR count). The third-order valence-corrected chi connectivity index (χ3v) is 8.62. The Balaban J connectivity index is 1.39. The van der Waals surface area contributed by atoms with Gasteiger partial charge in [0.05, 0.1) is 11.9 Å². The van der Waals surface area contributed by atoms with Crippen LogP contribution in [0.1, 0.15) is 63.1 Å². The fourth-order valence-corrected chi connectivity index (χ4v) is 6.13. The number of ether oxygens (including phenoxy) is 1. The Kier molecular flexibility index (Phi) is 8.86. The first-order valence-corrected chi connectivity index (χ1v) is 15.4. The van der Waals surface area contributed by atoms with Gasteiger partial charge in [-0.2, -0.15) is 0 Å². The van der Waals surface area contributed by atoms with Gasteiger partial charge in [-0.05, 0) is 95.2 Å². The van der Waals surface area contributed by atoms with Gasteiger partial charge in [0.15, 0.2) is 0 Å². The number of rotatable bonds is 4. The van der Waals surface area contributed by atoms with Gasteiger partial charge in [-0.3, -0.25) is 9.78 Å². The molecule has 9 nitrogen and oxygen atoms in total. The lowest BCUT2D eigenvalue weighted by Gasteiger charge is -2.43. The molecule has 0 N–H and O–H groups in total. The number of hydrogen-bond donors (Lipinski definition) is 0. The summed E-state index contributed by atoms with van der Waals surface area (Å²) < 4.78 is 7.32. The van der Waals surface area contributed by atoms with E-state index in [9.17, 15) is 9.59 Å². The van der Waals surface area contributed by atoms with Crippen molar-refractivity contribution in [1.82, 2.24) is 29.8 Å². The van der Waals surface area contributed by atoms with Crippen LogP contribution in [0.25, 0.3) is 17.5 Å². The Hall–Kier alpha value is -3.43. The summed E-state index contributed by atoms with van der Waals surface area (Å²) in [6.45, 7) is 11.4. The summed E-state index contributed by atoms with van der Waals surface area (Å²) in [6.07, 6.45) is 7.56. The highest BCUT2D eigenvalue weighted by Gasteiger charge is 2.48. The maximum atomic E-state index is 14.4. The smallest absolute Gasteiger partial charge is 0.410 e. The molecule has 3 aromatic rings. The molecule has 4 heterocycles. The van der Waals surface area contributed by atoms with Crippen LogP contribution >= 0.6 is 23.2 Å². The lowest BCUT2D eigenvalue weighted by Crippen LogP contribution is -2.58. The molecule has 2 aliphatic rings. The highest BCUT2D eigenvalue weighted by molar-refractivity contribution is 6.34. The van der Waals surface area contributed by atoms with Crippen LogP contribution in [0.4, 0.5) is 4.79 Å². The number of aromatic nitrogens is 4. The molecule has 11 heteroatoms. The Labute approximate surface area is 262 Å². The summed E-state index contributed by atoms with van der Waals surface area (Å²) in [5.41, 5.74) is 3.90. The summed E-state index contributed by atoms with van der Waals surface area (Å²) in [5, 5.41) is 10.2. The standard InChI is InChI=1S/C32H38Cl2N6O3/c1-21-16-22(2)28(35-19-21)27-20-40(37-36-27)32(10-14-39(15-11-32)30(42)43-31(3,4)5)29(41)38-12-8-23(9-13-38)17-24-18-25(33)6-7-26(24)34/h6-7,16-20H,8-15H2,1-5H3. The van der Waals surface area contributed by atoms with Crippen LogP contribution in [0.5, 0.6) is 0 Å². The van der Waals surface area contributed by atoms with Gasteiger partial charge in [0.25, 0.3) is 5.91 Å². The van der Waals surface area contributed by atoms with E-state index in [1.807, 2.05) is 51.8 Å². The Morgan fingerprint density at radius 1 is 1.00 bits per heavy atom. The van der Waals surface area contributed by atoms with Crippen molar-refractivity contribution in [1.29, 1.82) is 0 Å². The number of halogens is 2. The number of aryl methyl sites for hydroxylation is 2. The summed E-state index contributed by atoms with van der Waals surface area (Å²) in [4.78, 5) is 35.5. The van der Waals surface area contributed by atoms with E-state index < -0.39 is 11.1 Å². The minimum atomic E-state index is -0.986. The first-order chi connectivity index (χ1) is 20.3. The maximum Gasteiger partial charge on any atom is 0.410 e. The van der Waals surface area contributed by atoms with Gasteiger partial charge in [0, 0.05) is 42.4 Å². The van der Waals surface area contributed by atoms with Crippen LogP contribution in [0.15, 0.2) is 42.2 Å². The fraction of sp³-hybridized carbons (Fsp3) is 0.469.